The molecule has 4 heteroatoms. The molecule has 2 atom stereocenters. The maximum Gasteiger partial charge on any atom is 0.142 e. The van der Waals surface area contributed by atoms with Crippen molar-refractivity contribution in [1.29, 1.82) is 5.26 Å². The molecule has 0 aliphatic carbocycles. The summed E-state index contributed by atoms with van der Waals surface area (Å²) in [5, 5.41) is 12.3. The normalized spacial score (nSPS) is 25.2. The summed E-state index contributed by atoms with van der Waals surface area (Å²) >= 11 is 0. The lowest BCUT2D eigenvalue weighted by molar-refractivity contribution is 0.405. The minimum atomic E-state index is 0.455. The van der Waals surface area contributed by atoms with Gasteiger partial charge in [0.25, 0.3) is 0 Å². The van der Waals surface area contributed by atoms with Gasteiger partial charge in [-0.15, -0.1) is 0 Å². The van der Waals surface area contributed by atoms with Gasteiger partial charge in [-0.2, -0.15) is 5.26 Å². The van der Waals surface area contributed by atoms with Crippen LogP contribution >= 0.6 is 0 Å². The van der Waals surface area contributed by atoms with Crippen LogP contribution in [0.5, 0.6) is 0 Å². The third-order valence-electron chi connectivity index (χ3n) is 2.73. The smallest absolute Gasteiger partial charge is 0.142 e. The maximum absolute atomic E-state index is 8.82. The lowest BCUT2D eigenvalue weighted by Gasteiger charge is -2.36. The average molecular weight is 216 g/mol. The summed E-state index contributed by atoms with van der Waals surface area (Å²) in [6, 6.07) is 8.57. The average Bonchev–Trinajstić information content (AvgIpc) is 2.28. The highest BCUT2D eigenvalue weighted by Gasteiger charge is 2.21. The van der Waals surface area contributed by atoms with Gasteiger partial charge in [0.15, 0.2) is 0 Å². The van der Waals surface area contributed by atoms with Crippen LogP contribution in [0.3, 0.4) is 0 Å². The zero-order valence-corrected chi connectivity index (χ0v) is 9.64. The Morgan fingerprint density at radius 3 is 2.69 bits per heavy atom. The quantitative estimate of drug-likeness (QED) is 0.765. The Bertz CT molecular complexity index is 400. The summed E-state index contributed by atoms with van der Waals surface area (Å²) in [7, 11) is 0. The third-order valence-corrected chi connectivity index (χ3v) is 2.73. The van der Waals surface area contributed by atoms with Crippen molar-refractivity contribution in [2.45, 2.75) is 25.9 Å². The Morgan fingerprint density at radius 2 is 2.06 bits per heavy atom. The van der Waals surface area contributed by atoms with Crippen molar-refractivity contribution >= 4 is 5.82 Å². The molecule has 0 radical (unpaired) electrons. The van der Waals surface area contributed by atoms with Crippen molar-refractivity contribution in [3.8, 4) is 6.07 Å². The fourth-order valence-corrected chi connectivity index (χ4v) is 2.18. The van der Waals surface area contributed by atoms with Gasteiger partial charge in [0.2, 0.25) is 0 Å². The van der Waals surface area contributed by atoms with E-state index in [4.69, 9.17) is 5.26 Å². The van der Waals surface area contributed by atoms with Crippen LogP contribution in [-0.4, -0.2) is 30.2 Å². The molecule has 0 spiro atoms. The van der Waals surface area contributed by atoms with E-state index in [9.17, 15) is 0 Å². The molecule has 1 aliphatic heterocycles. The number of aromatic nitrogens is 1. The molecule has 1 fully saturated rings. The Labute approximate surface area is 95.9 Å². The molecule has 0 amide bonds. The van der Waals surface area contributed by atoms with E-state index >= 15 is 0 Å². The molecule has 2 heterocycles. The van der Waals surface area contributed by atoms with Gasteiger partial charge >= 0.3 is 0 Å². The number of anilines is 1. The van der Waals surface area contributed by atoms with E-state index in [1.54, 1.807) is 6.07 Å². The van der Waals surface area contributed by atoms with Gasteiger partial charge in [-0.25, -0.2) is 4.98 Å². The summed E-state index contributed by atoms with van der Waals surface area (Å²) in [4.78, 5) is 6.55. The van der Waals surface area contributed by atoms with Crippen LogP contribution in [0.4, 0.5) is 5.82 Å². The topological polar surface area (TPSA) is 52.0 Å². The van der Waals surface area contributed by atoms with Gasteiger partial charge < -0.3 is 10.2 Å². The number of hydrogen-bond donors (Lipinski definition) is 1. The Hall–Kier alpha value is -1.60. The summed E-state index contributed by atoms with van der Waals surface area (Å²) in [6.07, 6.45) is 0. The van der Waals surface area contributed by atoms with Gasteiger partial charge in [-0.05, 0) is 26.0 Å². The molecular weight excluding hydrogens is 200 g/mol. The number of pyridine rings is 1. The minimum absolute atomic E-state index is 0.455. The molecule has 0 saturated carbocycles. The second-order valence-corrected chi connectivity index (χ2v) is 4.37. The molecule has 4 nitrogen and oxygen atoms in total. The van der Waals surface area contributed by atoms with Crippen molar-refractivity contribution in [2.24, 2.45) is 0 Å². The molecule has 1 aromatic rings. The van der Waals surface area contributed by atoms with Crippen LogP contribution < -0.4 is 10.2 Å². The molecule has 0 bridgehead atoms. The Balaban J connectivity index is 2.20. The first kappa shape index (κ1) is 10.9. The predicted octanol–water partition coefficient (Wildman–Crippen LogP) is 1.14. The summed E-state index contributed by atoms with van der Waals surface area (Å²) in [5.74, 6) is 0.902. The fourth-order valence-electron chi connectivity index (χ4n) is 2.18. The fraction of sp³-hybridized carbons (Fsp3) is 0.500. The van der Waals surface area contributed by atoms with E-state index in [0.29, 0.717) is 17.8 Å². The van der Waals surface area contributed by atoms with Gasteiger partial charge in [-0.1, -0.05) is 6.07 Å². The van der Waals surface area contributed by atoms with Crippen LogP contribution in [0, 0.1) is 11.3 Å². The highest BCUT2D eigenvalue weighted by molar-refractivity contribution is 5.42. The predicted molar refractivity (Wildman–Crippen MR) is 63.2 cm³/mol. The van der Waals surface area contributed by atoms with E-state index in [2.05, 4.69) is 35.1 Å². The van der Waals surface area contributed by atoms with Crippen molar-refractivity contribution < 1.29 is 0 Å². The van der Waals surface area contributed by atoms with Crippen molar-refractivity contribution in [2.75, 3.05) is 18.0 Å². The second-order valence-electron chi connectivity index (χ2n) is 4.37. The first-order valence-corrected chi connectivity index (χ1v) is 5.57. The van der Waals surface area contributed by atoms with Gasteiger partial charge in [0, 0.05) is 25.2 Å². The number of piperazine rings is 1. The largest absolute Gasteiger partial charge is 0.353 e. The number of hydrogen-bond acceptors (Lipinski definition) is 4. The second kappa shape index (κ2) is 4.50. The van der Waals surface area contributed by atoms with Gasteiger partial charge in [0.1, 0.15) is 17.6 Å². The molecule has 1 saturated heterocycles. The van der Waals surface area contributed by atoms with Crippen molar-refractivity contribution in [3.63, 3.8) is 0 Å². The summed E-state index contributed by atoms with van der Waals surface area (Å²) in [5.41, 5.74) is 0.483. The lowest BCUT2D eigenvalue weighted by atomic mass is 10.1. The van der Waals surface area contributed by atoms with Crippen LogP contribution in [0.15, 0.2) is 18.2 Å². The molecule has 0 aromatic carbocycles. The molecule has 16 heavy (non-hydrogen) atoms. The van der Waals surface area contributed by atoms with Crippen molar-refractivity contribution in [1.82, 2.24) is 10.3 Å². The van der Waals surface area contributed by atoms with E-state index in [0.717, 1.165) is 18.9 Å². The molecule has 1 aromatic heterocycles. The van der Waals surface area contributed by atoms with Crippen LogP contribution in [0.2, 0.25) is 0 Å². The zero-order chi connectivity index (χ0) is 11.5. The van der Waals surface area contributed by atoms with Crippen LogP contribution in [0.1, 0.15) is 19.5 Å². The Kier molecular flexibility index (Phi) is 3.07. The SMILES string of the molecule is C[C@@H]1CN(c2cccc(C#N)n2)C[C@H](C)N1. The highest BCUT2D eigenvalue weighted by Crippen LogP contribution is 2.15. The number of nitrogens with zero attached hydrogens (tertiary/aromatic N) is 3. The van der Waals surface area contributed by atoms with Gasteiger partial charge in [0.05, 0.1) is 0 Å². The first-order chi connectivity index (χ1) is 7.69. The Morgan fingerprint density at radius 1 is 1.38 bits per heavy atom. The molecule has 1 N–H and O–H groups in total. The minimum Gasteiger partial charge on any atom is -0.353 e. The summed E-state index contributed by atoms with van der Waals surface area (Å²) in [6.45, 7) is 6.20. The zero-order valence-electron chi connectivity index (χ0n) is 9.64. The van der Waals surface area contributed by atoms with E-state index in [-0.39, 0.29) is 0 Å². The standard InChI is InChI=1S/C12H16N4/c1-9-7-16(8-10(2)14-9)12-5-3-4-11(6-13)15-12/h3-5,9-10,14H,7-8H2,1-2H3/t9-,10+. The third kappa shape index (κ3) is 2.31. The molecule has 84 valence electrons. The lowest BCUT2D eigenvalue weighted by Crippen LogP contribution is -2.54. The number of nitrogens with one attached hydrogen (secondary N) is 1. The number of rotatable bonds is 1. The van der Waals surface area contributed by atoms with E-state index in [1.807, 2.05) is 12.1 Å². The van der Waals surface area contributed by atoms with Gasteiger partial charge in [-0.3, -0.25) is 0 Å². The molecular formula is C12H16N4. The van der Waals surface area contributed by atoms with E-state index in [1.165, 1.54) is 0 Å². The molecule has 1 aliphatic rings. The van der Waals surface area contributed by atoms with E-state index < -0.39 is 0 Å². The first-order valence-electron chi connectivity index (χ1n) is 5.57. The number of nitriles is 1. The molecule has 2 rings (SSSR count). The molecule has 0 unspecified atom stereocenters. The van der Waals surface area contributed by atoms with Crippen LogP contribution in [-0.2, 0) is 0 Å². The monoisotopic (exact) mass is 216 g/mol. The highest BCUT2D eigenvalue weighted by atomic mass is 15.3. The maximum atomic E-state index is 8.82. The van der Waals surface area contributed by atoms with Crippen LogP contribution in [0.25, 0.3) is 0 Å². The van der Waals surface area contributed by atoms with Crippen molar-refractivity contribution in [3.05, 3.63) is 23.9 Å². The summed E-state index contributed by atoms with van der Waals surface area (Å²) < 4.78 is 0.